The summed E-state index contributed by atoms with van der Waals surface area (Å²) in [6.07, 6.45) is 0. The van der Waals surface area contributed by atoms with E-state index in [-0.39, 0.29) is 0 Å². The van der Waals surface area contributed by atoms with Crippen molar-refractivity contribution in [2.24, 2.45) is 0 Å². The Balaban J connectivity index is 1.96. The van der Waals surface area contributed by atoms with Crippen LogP contribution in [0.2, 0.25) is 0 Å². The van der Waals surface area contributed by atoms with Gasteiger partial charge in [0, 0.05) is 13.5 Å². The topological polar surface area (TPSA) is 51.0 Å². The second kappa shape index (κ2) is 5.31. The van der Waals surface area contributed by atoms with Crippen molar-refractivity contribution < 1.29 is 4.52 Å². The van der Waals surface area contributed by atoms with Gasteiger partial charge in [-0.2, -0.15) is 4.98 Å². The Labute approximate surface area is 107 Å². The molecular weight excluding hydrogens is 226 g/mol. The molecule has 0 saturated heterocycles. The Hall–Kier alpha value is -1.68. The normalized spacial score (nSPS) is 10.9. The molecule has 0 aliphatic carbocycles. The molecule has 1 aromatic carbocycles. The maximum atomic E-state index is 4.92. The Bertz CT molecular complexity index is 546. The lowest BCUT2D eigenvalue weighted by Gasteiger charge is -2.10. The highest BCUT2D eigenvalue weighted by Crippen LogP contribution is 2.15. The van der Waals surface area contributed by atoms with Gasteiger partial charge < -0.3 is 9.84 Å². The predicted octanol–water partition coefficient (Wildman–Crippen LogP) is 2.59. The highest BCUT2D eigenvalue weighted by atomic mass is 16.5. The summed E-state index contributed by atoms with van der Waals surface area (Å²) in [5.41, 5.74) is 5.30. The van der Waals surface area contributed by atoms with E-state index in [4.69, 9.17) is 4.52 Å². The first-order chi connectivity index (χ1) is 8.56. The van der Waals surface area contributed by atoms with Gasteiger partial charge in [-0.1, -0.05) is 17.3 Å². The van der Waals surface area contributed by atoms with Gasteiger partial charge in [-0.15, -0.1) is 0 Å². The Morgan fingerprint density at radius 1 is 1.00 bits per heavy atom. The molecule has 4 nitrogen and oxygen atoms in total. The maximum Gasteiger partial charge on any atom is 0.223 e. The molecule has 0 amide bonds. The summed E-state index contributed by atoms with van der Waals surface area (Å²) in [4.78, 5) is 4.16. The van der Waals surface area contributed by atoms with Gasteiger partial charge in [0.05, 0.1) is 6.54 Å². The fourth-order valence-corrected chi connectivity index (χ4v) is 1.93. The lowest BCUT2D eigenvalue weighted by Crippen LogP contribution is -2.14. The molecule has 0 aliphatic heterocycles. The van der Waals surface area contributed by atoms with Gasteiger partial charge in [0.25, 0.3) is 0 Å². The molecular formula is C14H19N3O. The van der Waals surface area contributed by atoms with Crippen LogP contribution in [-0.2, 0) is 13.1 Å². The predicted molar refractivity (Wildman–Crippen MR) is 70.2 cm³/mol. The van der Waals surface area contributed by atoms with Crippen LogP contribution >= 0.6 is 0 Å². The van der Waals surface area contributed by atoms with E-state index in [0.717, 1.165) is 6.54 Å². The van der Waals surface area contributed by atoms with Crippen LogP contribution in [0, 0.1) is 27.7 Å². The van der Waals surface area contributed by atoms with Crippen LogP contribution in [0.25, 0.3) is 0 Å². The number of aryl methyl sites for hydroxylation is 4. The average Bonchev–Trinajstić information content (AvgIpc) is 2.71. The summed E-state index contributed by atoms with van der Waals surface area (Å²) >= 11 is 0. The molecule has 0 radical (unpaired) electrons. The summed E-state index contributed by atoms with van der Waals surface area (Å²) in [5.74, 6) is 1.31. The number of rotatable bonds is 4. The van der Waals surface area contributed by atoms with E-state index >= 15 is 0 Å². The third-order valence-electron chi connectivity index (χ3n) is 3.12. The number of nitrogens with zero attached hydrogens (tertiary/aromatic N) is 2. The Kier molecular flexibility index (Phi) is 3.77. The van der Waals surface area contributed by atoms with Crippen molar-refractivity contribution in [1.29, 1.82) is 0 Å². The van der Waals surface area contributed by atoms with Crippen molar-refractivity contribution in [2.45, 2.75) is 40.8 Å². The van der Waals surface area contributed by atoms with Gasteiger partial charge in [0.1, 0.15) is 0 Å². The van der Waals surface area contributed by atoms with Gasteiger partial charge >= 0.3 is 0 Å². The fourth-order valence-electron chi connectivity index (χ4n) is 1.93. The van der Waals surface area contributed by atoms with Crippen molar-refractivity contribution >= 4 is 0 Å². The number of hydrogen-bond acceptors (Lipinski definition) is 4. The van der Waals surface area contributed by atoms with Crippen molar-refractivity contribution in [1.82, 2.24) is 15.5 Å². The second-order valence-corrected chi connectivity index (χ2v) is 4.70. The zero-order valence-electron chi connectivity index (χ0n) is 11.4. The van der Waals surface area contributed by atoms with Crippen LogP contribution in [0.4, 0.5) is 0 Å². The van der Waals surface area contributed by atoms with Crippen molar-refractivity contribution in [3.05, 3.63) is 46.1 Å². The third-order valence-corrected chi connectivity index (χ3v) is 3.12. The molecule has 1 heterocycles. The largest absolute Gasteiger partial charge is 0.340 e. The minimum absolute atomic E-state index is 0.606. The molecule has 0 aliphatic rings. The van der Waals surface area contributed by atoms with Gasteiger partial charge in [0.2, 0.25) is 5.89 Å². The molecule has 1 aromatic heterocycles. The fraction of sp³-hybridized carbons (Fsp3) is 0.429. The van der Waals surface area contributed by atoms with Crippen LogP contribution < -0.4 is 5.32 Å². The summed E-state index contributed by atoms with van der Waals surface area (Å²) in [6.45, 7) is 9.67. The maximum absolute atomic E-state index is 4.92. The van der Waals surface area contributed by atoms with E-state index < -0.39 is 0 Å². The lowest BCUT2D eigenvalue weighted by molar-refractivity contribution is 0.385. The molecule has 18 heavy (non-hydrogen) atoms. The third kappa shape index (κ3) is 2.96. The van der Waals surface area contributed by atoms with Crippen LogP contribution in [0.15, 0.2) is 16.7 Å². The SMILES string of the molecule is Cc1nc(CNCc2cc(C)c(C)cc2C)no1. The smallest absolute Gasteiger partial charge is 0.223 e. The van der Waals surface area contributed by atoms with Crippen molar-refractivity contribution in [2.75, 3.05) is 0 Å². The van der Waals surface area contributed by atoms with Crippen LogP contribution in [0.3, 0.4) is 0 Å². The first-order valence-corrected chi connectivity index (χ1v) is 6.13. The molecule has 96 valence electrons. The number of benzene rings is 1. The van der Waals surface area contributed by atoms with Gasteiger partial charge in [0.15, 0.2) is 5.82 Å². The molecule has 0 fully saturated rings. The first kappa shape index (κ1) is 12.8. The van der Waals surface area contributed by atoms with Gasteiger partial charge in [-0.05, 0) is 43.0 Å². The quantitative estimate of drug-likeness (QED) is 0.899. The lowest BCUT2D eigenvalue weighted by atomic mass is 10.0. The molecule has 0 bridgehead atoms. The molecule has 0 unspecified atom stereocenters. The number of hydrogen-bond donors (Lipinski definition) is 1. The molecule has 0 atom stereocenters. The highest BCUT2D eigenvalue weighted by Gasteiger charge is 2.04. The molecule has 2 rings (SSSR count). The van der Waals surface area contributed by atoms with Gasteiger partial charge in [-0.3, -0.25) is 0 Å². The summed E-state index contributed by atoms with van der Waals surface area (Å²) in [7, 11) is 0. The molecule has 2 aromatic rings. The zero-order chi connectivity index (χ0) is 13.1. The van der Waals surface area contributed by atoms with Gasteiger partial charge in [-0.25, -0.2) is 0 Å². The Morgan fingerprint density at radius 3 is 2.39 bits per heavy atom. The van der Waals surface area contributed by atoms with E-state index in [1.54, 1.807) is 6.92 Å². The summed E-state index contributed by atoms with van der Waals surface area (Å²) < 4.78 is 4.92. The second-order valence-electron chi connectivity index (χ2n) is 4.70. The Morgan fingerprint density at radius 2 is 1.72 bits per heavy atom. The minimum Gasteiger partial charge on any atom is -0.340 e. The highest BCUT2D eigenvalue weighted by molar-refractivity contribution is 5.36. The van der Waals surface area contributed by atoms with Crippen LogP contribution in [-0.4, -0.2) is 10.1 Å². The van der Waals surface area contributed by atoms with E-state index in [0.29, 0.717) is 18.3 Å². The van der Waals surface area contributed by atoms with E-state index in [9.17, 15) is 0 Å². The van der Waals surface area contributed by atoms with E-state index in [1.165, 1.54) is 22.3 Å². The molecule has 1 N–H and O–H groups in total. The van der Waals surface area contributed by atoms with Crippen LogP contribution in [0.1, 0.15) is 34.0 Å². The monoisotopic (exact) mass is 245 g/mol. The first-order valence-electron chi connectivity index (χ1n) is 6.13. The van der Waals surface area contributed by atoms with Crippen molar-refractivity contribution in [3.63, 3.8) is 0 Å². The van der Waals surface area contributed by atoms with Crippen molar-refractivity contribution in [3.8, 4) is 0 Å². The zero-order valence-corrected chi connectivity index (χ0v) is 11.4. The molecule has 4 heteroatoms. The number of nitrogens with one attached hydrogen (secondary N) is 1. The van der Waals surface area contributed by atoms with E-state index in [1.807, 2.05) is 0 Å². The summed E-state index contributed by atoms with van der Waals surface area (Å²) in [6, 6.07) is 4.46. The number of aromatic nitrogens is 2. The van der Waals surface area contributed by atoms with Crippen LogP contribution in [0.5, 0.6) is 0 Å². The summed E-state index contributed by atoms with van der Waals surface area (Å²) in [5, 5.41) is 7.19. The molecule has 0 spiro atoms. The average molecular weight is 245 g/mol. The van der Waals surface area contributed by atoms with E-state index in [2.05, 4.69) is 48.4 Å². The molecule has 0 saturated carbocycles. The standard InChI is InChI=1S/C14H19N3O/c1-9-5-11(3)13(6-10(9)2)7-15-8-14-16-12(4)18-17-14/h5-6,15H,7-8H2,1-4H3. The minimum atomic E-state index is 0.606.